The Morgan fingerprint density at radius 2 is 1.95 bits per heavy atom. The molecule has 1 aliphatic carbocycles. The largest absolute Gasteiger partial charge is 0.339 e. The van der Waals surface area contributed by atoms with Crippen molar-refractivity contribution in [1.82, 2.24) is 4.98 Å². The molecule has 0 amide bonds. The summed E-state index contributed by atoms with van der Waals surface area (Å²) in [7, 11) is 0. The van der Waals surface area contributed by atoms with E-state index in [-0.39, 0.29) is 0 Å². The summed E-state index contributed by atoms with van der Waals surface area (Å²) in [4.78, 5) is 4.69. The SMILES string of the molecule is CCc1ccc(Nc2nc3c(cc2C#N)CCCC3)cc1. The first-order chi connectivity index (χ1) is 10.3. The molecular weight excluding hydrogens is 258 g/mol. The second-order valence-corrected chi connectivity index (χ2v) is 5.48. The highest BCUT2D eigenvalue weighted by Gasteiger charge is 2.15. The van der Waals surface area contributed by atoms with E-state index in [1.54, 1.807) is 0 Å². The van der Waals surface area contributed by atoms with Gasteiger partial charge in [-0.05, 0) is 61.4 Å². The second kappa shape index (κ2) is 5.97. The van der Waals surface area contributed by atoms with Crippen molar-refractivity contribution in [2.24, 2.45) is 0 Å². The molecule has 0 spiro atoms. The lowest BCUT2D eigenvalue weighted by Gasteiger charge is -2.17. The lowest BCUT2D eigenvalue weighted by atomic mass is 9.95. The van der Waals surface area contributed by atoms with Crippen LogP contribution in [0.15, 0.2) is 30.3 Å². The van der Waals surface area contributed by atoms with Gasteiger partial charge in [-0.1, -0.05) is 19.1 Å². The Morgan fingerprint density at radius 1 is 1.19 bits per heavy atom. The van der Waals surface area contributed by atoms with E-state index in [4.69, 9.17) is 0 Å². The minimum Gasteiger partial charge on any atom is -0.339 e. The van der Waals surface area contributed by atoms with E-state index in [0.29, 0.717) is 11.4 Å². The Kier molecular flexibility index (Phi) is 3.87. The number of aromatic nitrogens is 1. The molecule has 0 atom stereocenters. The molecule has 2 aromatic rings. The molecule has 1 aromatic carbocycles. The molecule has 0 saturated heterocycles. The minimum atomic E-state index is 0.634. The van der Waals surface area contributed by atoms with E-state index in [1.165, 1.54) is 24.0 Å². The van der Waals surface area contributed by atoms with Crippen molar-refractivity contribution in [2.75, 3.05) is 5.32 Å². The fraction of sp³-hybridized carbons (Fsp3) is 0.333. The van der Waals surface area contributed by atoms with Crippen LogP contribution in [-0.2, 0) is 19.3 Å². The van der Waals surface area contributed by atoms with Crippen molar-refractivity contribution in [3.63, 3.8) is 0 Å². The summed E-state index contributed by atoms with van der Waals surface area (Å²) in [6, 6.07) is 12.6. The summed E-state index contributed by atoms with van der Waals surface area (Å²) in [6.45, 7) is 2.14. The van der Waals surface area contributed by atoms with E-state index in [9.17, 15) is 5.26 Å². The number of nitriles is 1. The highest BCUT2D eigenvalue weighted by atomic mass is 15.0. The monoisotopic (exact) mass is 277 g/mol. The predicted molar refractivity (Wildman–Crippen MR) is 84.7 cm³/mol. The van der Waals surface area contributed by atoms with Crippen LogP contribution in [0.25, 0.3) is 0 Å². The minimum absolute atomic E-state index is 0.634. The number of nitrogens with one attached hydrogen (secondary N) is 1. The van der Waals surface area contributed by atoms with Crippen LogP contribution in [0.3, 0.4) is 0 Å². The highest BCUT2D eigenvalue weighted by Crippen LogP contribution is 2.26. The lowest BCUT2D eigenvalue weighted by Crippen LogP contribution is -2.08. The van der Waals surface area contributed by atoms with Gasteiger partial charge < -0.3 is 5.32 Å². The van der Waals surface area contributed by atoms with Crippen molar-refractivity contribution in [3.8, 4) is 6.07 Å². The van der Waals surface area contributed by atoms with E-state index in [2.05, 4.69) is 35.4 Å². The first-order valence-corrected chi connectivity index (χ1v) is 7.59. The molecule has 0 bridgehead atoms. The van der Waals surface area contributed by atoms with Gasteiger partial charge in [0.05, 0.1) is 5.56 Å². The van der Waals surface area contributed by atoms with Crippen LogP contribution in [0.5, 0.6) is 0 Å². The Hall–Kier alpha value is -2.34. The summed E-state index contributed by atoms with van der Waals surface area (Å²) in [6.07, 6.45) is 5.48. The van der Waals surface area contributed by atoms with Crippen LogP contribution in [0.4, 0.5) is 11.5 Å². The average molecular weight is 277 g/mol. The fourth-order valence-corrected chi connectivity index (χ4v) is 2.77. The molecule has 1 heterocycles. The average Bonchev–Trinajstić information content (AvgIpc) is 2.55. The van der Waals surface area contributed by atoms with Gasteiger partial charge in [-0.25, -0.2) is 4.98 Å². The van der Waals surface area contributed by atoms with Gasteiger partial charge in [0.1, 0.15) is 11.9 Å². The number of hydrogen-bond acceptors (Lipinski definition) is 3. The van der Waals surface area contributed by atoms with Gasteiger partial charge in [-0.2, -0.15) is 5.26 Å². The summed E-state index contributed by atoms with van der Waals surface area (Å²) in [5.41, 5.74) is 5.30. The molecule has 3 nitrogen and oxygen atoms in total. The van der Waals surface area contributed by atoms with Crippen LogP contribution in [0, 0.1) is 11.3 Å². The number of benzene rings is 1. The van der Waals surface area contributed by atoms with Crippen molar-refractivity contribution in [1.29, 1.82) is 5.26 Å². The number of anilines is 2. The maximum atomic E-state index is 9.35. The molecular formula is C18H19N3. The predicted octanol–water partition coefficient (Wildman–Crippen LogP) is 4.14. The van der Waals surface area contributed by atoms with Gasteiger partial charge in [-0.3, -0.25) is 0 Å². The number of nitrogens with zero attached hydrogens (tertiary/aromatic N) is 2. The number of hydrogen-bond donors (Lipinski definition) is 1. The van der Waals surface area contributed by atoms with Gasteiger partial charge in [0.15, 0.2) is 0 Å². The van der Waals surface area contributed by atoms with Crippen molar-refractivity contribution >= 4 is 11.5 Å². The maximum Gasteiger partial charge on any atom is 0.148 e. The Labute approximate surface area is 125 Å². The second-order valence-electron chi connectivity index (χ2n) is 5.48. The molecule has 1 aromatic heterocycles. The van der Waals surface area contributed by atoms with Crippen molar-refractivity contribution in [2.45, 2.75) is 39.0 Å². The summed E-state index contributed by atoms with van der Waals surface area (Å²) >= 11 is 0. The van der Waals surface area contributed by atoms with E-state index >= 15 is 0 Å². The number of pyridine rings is 1. The summed E-state index contributed by atoms with van der Waals surface area (Å²) < 4.78 is 0. The molecule has 0 saturated carbocycles. The van der Waals surface area contributed by atoms with Crippen LogP contribution in [0.2, 0.25) is 0 Å². The van der Waals surface area contributed by atoms with E-state index in [0.717, 1.165) is 30.6 Å². The molecule has 0 unspecified atom stereocenters. The van der Waals surface area contributed by atoms with Gasteiger partial charge >= 0.3 is 0 Å². The molecule has 106 valence electrons. The first kappa shape index (κ1) is 13.6. The smallest absolute Gasteiger partial charge is 0.148 e. The van der Waals surface area contributed by atoms with Crippen LogP contribution < -0.4 is 5.32 Å². The molecule has 21 heavy (non-hydrogen) atoms. The molecule has 0 aliphatic heterocycles. The molecule has 0 radical (unpaired) electrons. The number of fused-ring (bicyclic) bond motifs is 1. The van der Waals surface area contributed by atoms with Gasteiger partial charge in [0.25, 0.3) is 0 Å². The normalized spacial score (nSPS) is 13.3. The first-order valence-electron chi connectivity index (χ1n) is 7.59. The topological polar surface area (TPSA) is 48.7 Å². The number of rotatable bonds is 3. The van der Waals surface area contributed by atoms with Gasteiger partial charge in [-0.15, -0.1) is 0 Å². The lowest BCUT2D eigenvalue weighted by molar-refractivity contribution is 0.668. The third kappa shape index (κ3) is 2.90. The molecule has 3 heteroatoms. The third-order valence-corrected chi connectivity index (χ3v) is 4.05. The zero-order valence-electron chi connectivity index (χ0n) is 12.3. The zero-order valence-corrected chi connectivity index (χ0v) is 12.3. The summed E-state index contributed by atoms with van der Waals surface area (Å²) in [5, 5.41) is 12.6. The maximum absolute atomic E-state index is 9.35. The zero-order chi connectivity index (χ0) is 14.7. The Balaban J connectivity index is 1.91. The third-order valence-electron chi connectivity index (χ3n) is 4.05. The Morgan fingerprint density at radius 3 is 2.67 bits per heavy atom. The van der Waals surface area contributed by atoms with Crippen LogP contribution >= 0.6 is 0 Å². The van der Waals surface area contributed by atoms with E-state index in [1.807, 2.05) is 18.2 Å². The van der Waals surface area contributed by atoms with E-state index < -0.39 is 0 Å². The fourth-order valence-electron chi connectivity index (χ4n) is 2.77. The van der Waals surface area contributed by atoms with Gasteiger partial charge in [0.2, 0.25) is 0 Å². The van der Waals surface area contributed by atoms with Crippen molar-refractivity contribution in [3.05, 3.63) is 52.7 Å². The molecule has 1 aliphatic rings. The van der Waals surface area contributed by atoms with Crippen LogP contribution in [-0.4, -0.2) is 4.98 Å². The van der Waals surface area contributed by atoms with Gasteiger partial charge in [0, 0.05) is 11.4 Å². The quantitative estimate of drug-likeness (QED) is 0.917. The van der Waals surface area contributed by atoms with Crippen molar-refractivity contribution < 1.29 is 0 Å². The van der Waals surface area contributed by atoms with Crippen LogP contribution in [0.1, 0.15) is 42.1 Å². The number of aryl methyl sites for hydroxylation is 3. The molecule has 1 N–H and O–H groups in total. The highest BCUT2D eigenvalue weighted by molar-refractivity contribution is 5.64. The summed E-state index contributed by atoms with van der Waals surface area (Å²) in [5.74, 6) is 0.683. The standard InChI is InChI=1S/C18H19N3/c1-2-13-7-9-16(10-8-13)20-18-15(12-19)11-14-5-3-4-6-17(14)21-18/h7-11H,2-6H2,1H3,(H,20,21). The molecule has 0 fully saturated rings. The molecule has 3 rings (SSSR count). The Bertz CT molecular complexity index is 681.